The number of aliphatic hydroxyl groups is 1. The monoisotopic (exact) mass is 278 g/mol. The number of ether oxygens (including phenoxy) is 2. The minimum atomic E-state index is -1.24. The lowest BCUT2D eigenvalue weighted by molar-refractivity contribution is -0.144. The number of carbonyl (C=O) groups excluding carboxylic acids is 2. The standard InChI is InChI=1S/C15H18O5/c1-11(2)14(17)19-10-6-9-13(16)15(18)20-12-7-4-3-5-8-12/h3-5,7-8,13,16H,1,6,9-10H2,2H3. The van der Waals surface area contributed by atoms with Crippen molar-refractivity contribution in [2.24, 2.45) is 0 Å². The molecule has 0 aromatic heterocycles. The van der Waals surface area contributed by atoms with Crippen molar-refractivity contribution in [1.29, 1.82) is 0 Å². The molecule has 0 aliphatic heterocycles. The van der Waals surface area contributed by atoms with Crippen molar-refractivity contribution >= 4 is 11.9 Å². The van der Waals surface area contributed by atoms with Gasteiger partial charge < -0.3 is 14.6 Å². The Morgan fingerprint density at radius 2 is 1.95 bits per heavy atom. The van der Waals surface area contributed by atoms with Crippen LogP contribution in [0, 0.1) is 0 Å². The highest BCUT2D eigenvalue weighted by Gasteiger charge is 2.17. The van der Waals surface area contributed by atoms with Crippen molar-refractivity contribution in [3.63, 3.8) is 0 Å². The van der Waals surface area contributed by atoms with Crippen molar-refractivity contribution in [3.05, 3.63) is 42.5 Å². The van der Waals surface area contributed by atoms with E-state index in [1.54, 1.807) is 37.3 Å². The van der Waals surface area contributed by atoms with Crippen LogP contribution in [-0.2, 0) is 14.3 Å². The number of benzene rings is 1. The zero-order valence-corrected chi connectivity index (χ0v) is 11.4. The Balaban J connectivity index is 2.25. The first kappa shape index (κ1) is 15.9. The number of hydrogen-bond acceptors (Lipinski definition) is 5. The molecule has 108 valence electrons. The van der Waals surface area contributed by atoms with Gasteiger partial charge in [-0.05, 0) is 31.9 Å². The van der Waals surface area contributed by atoms with Crippen molar-refractivity contribution in [2.45, 2.75) is 25.9 Å². The summed E-state index contributed by atoms with van der Waals surface area (Å²) in [6.45, 7) is 5.12. The molecule has 0 bridgehead atoms. The number of para-hydroxylation sites is 1. The van der Waals surface area contributed by atoms with E-state index in [0.717, 1.165) is 0 Å². The van der Waals surface area contributed by atoms with Crippen LogP contribution in [0.25, 0.3) is 0 Å². The van der Waals surface area contributed by atoms with Crippen LogP contribution in [0.4, 0.5) is 0 Å². The average molecular weight is 278 g/mol. The van der Waals surface area contributed by atoms with Gasteiger partial charge in [0.25, 0.3) is 0 Å². The molecule has 1 unspecified atom stereocenters. The third-order valence-electron chi connectivity index (χ3n) is 2.44. The van der Waals surface area contributed by atoms with Crippen LogP contribution in [0.2, 0.25) is 0 Å². The molecule has 1 atom stereocenters. The van der Waals surface area contributed by atoms with E-state index >= 15 is 0 Å². The molecule has 1 N–H and O–H groups in total. The van der Waals surface area contributed by atoms with Gasteiger partial charge in [-0.3, -0.25) is 0 Å². The second-order valence-corrected chi connectivity index (χ2v) is 4.31. The molecule has 1 aromatic rings. The summed E-state index contributed by atoms with van der Waals surface area (Å²) in [4.78, 5) is 22.6. The van der Waals surface area contributed by atoms with Gasteiger partial charge in [0.1, 0.15) is 5.75 Å². The summed E-state index contributed by atoms with van der Waals surface area (Å²) < 4.78 is 9.83. The molecule has 0 fully saturated rings. The van der Waals surface area contributed by atoms with E-state index in [4.69, 9.17) is 9.47 Å². The second-order valence-electron chi connectivity index (χ2n) is 4.31. The summed E-state index contributed by atoms with van der Waals surface area (Å²) in [5.41, 5.74) is 0.314. The van der Waals surface area contributed by atoms with Crippen LogP contribution < -0.4 is 4.74 Å². The lowest BCUT2D eigenvalue weighted by Crippen LogP contribution is -2.26. The minimum absolute atomic E-state index is 0.126. The van der Waals surface area contributed by atoms with Gasteiger partial charge in [0, 0.05) is 5.57 Å². The summed E-state index contributed by atoms with van der Waals surface area (Å²) >= 11 is 0. The van der Waals surface area contributed by atoms with Gasteiger partial charge in [0.15, 0.2) is 6.10 Å². The number of aliphatic hydroxyl groups excluding tert-OH is 1. The molecule has 0 heterocycles. The summed E-state index contributed by atoms with van der Waals surface area (Å²) in [5.74, 6) is -0.820. The fourth-order valence-electron chi connectivity index (χ4n) is 1.36. The molecule has 20 heavy (non-hydrogen) atoms. The highest BCUT2D eigenvalue weighted by Crippen LogP contribution is 2.10. The van der Waals surface area contributed by atoms with Crippen molar-refractivity contribution in [3.8, 4) is 5.75 Å². The Bertz CT molecular complexity index is 466. The maximum absolute atomic E-state index is 11.6. The minimum Gasteiger partial charge on any atom is -0.462 e. The average Bonchev–Trinajstić information content (AvgIpc) is 2.43. The van der Waals surface area contributed by atoms with Crippen LogP contribution in [0.5, 0.6) is 5.75 Å². The molecule has 0 aliphatic carbocycles. The van der Waals surface area contributed by atoms with E-state index in [1.807, 2.05) is 0 Å². The van der Waals surface area contributed by atoms with Crippen LogP contribution in [0.15, 0.2) is 42.5 Å². The van der Waals surface area contributed by atoms with E-state index in [2.05, 4.69) is 6.58 Å². The smallest absolute Gasteiger partial charge is 0.340 e. The quantitative estimate of drug-likeness (QED) is 0.356. The molecule has 5 nitrogen and oxygen atoms in total. The van der Waals surface area contributed by atoms with E-state index in [-0.39, 0.29) is 13.0 Å². The summed E-state index contributed by atoms with van der Waals surface area (Å²) in [5, 5.41) is 9.62. The van der Waals surface area contributed by atoms with Gasteiger partial charge in [-0.15, -0.1) is 0 Å². The molecule has 0 amide bonds. The largest absolute Gasteiger partial charge is 0.462 e. The van der Waals surface area contributed by atoms with E-state index < -0.39 is 18.0 Å². The second kappa shape index (κ2) is 8.12. The molecular weight excluding hydrogens is 260 g/mol. The zero-order valence-electron chi connectivity index (χ0n) is 11.4. The van der Waals surface area contributed by atoms with Crippen LogP contribution in [0.1, 0.15) is 19.8 Å². The zero-order chi connectivity index (χ0) is 15.0. The summed E-state index contributed by atoms with van der Waals surface area (Å²) in [7, 11) is 0. The molecule has 0 aliphatic rings. The van der Waals surface area contributed by atoms with E-state index in [0.29, 0.717) is 17.7 Å². The number of carbonyl (C=O) groups is 2. The predicted octanol–water partition coefficient (Wildman–Crippen LogP) is 1.85. The molecule has 0 spiro atoms. The Morgan fingerprint density at radius 1 is 1.30 bits per heavy atom. The van der Waals surface area contributed by atoms with Crippen molar-refractivity contribution < 1.29 is 24.2 Å². The Morgan fingerprint density at radius 3 is 2.55 bits per heavy atom. The third-order valence-corrected chi connectivity index (χ3v) is 2.44. The van der Waals surface area contributed by atoms with Crippen LogP contribution in [0.3, 0.4) is 0 Å². The fraction of sp³-hybridized carbons (Fsp3) is 0.333. The molecule has 1 aromatic carbocycles. The van der Waals surface area contributed by atoms with Crippen LogP contribution >= 0.6 is 0 Å². The van der Waals surface area contributed by atoms with Crippen molar-refractivity contribution in [1.82, 2.24) is 0 Å². The molecule has 0 radical (unpaired) electrons. The van der Waals surface area contributed by atoms with Gasteiger partial charge in [-0.2, -0.15) is 0 Å². The Hall–Kier alpha value is -2.14. The number of rotatable bonds is 7. The molecule has 5 heteroatoms. The van der Waals surface area contributed by atoms with E-state index in [1.165, 1.54) is 0 Å². The lowest BCUT2D eigenvalue weighted by atomic mass is 10.2. The Kier molecular flexibility index (Phi) is 6.46. The fourth-order valence-corrected chi connectivity index (χ4v) is 1.36. The van der Waals surface area contributed by atoms with Gasteiger partial charge in [0.2, 0.25) is 0 Å². The van der Waals surface area contributed by atoms with Crippen molar-refractivity contribution in [2.75, 3.05) is 6.61 Å². The van der Waals surface area contributed by atoms with E-state index in [9.17, 15) is 14.7 Å². The molecule has 1 rings (SSSR count). The first-order chi connectivity index (χ1) is 9.50. The highest BCUT2D eigenvalue weighted by molar-refractivity contribution is 5.86. The predicted molar refractivity (Wildman–Crippen MR) is 73.1 cm³/mol. The molecular formula is C15H18O5. The Labute approximate surface area is 117 Å². The van der Waals surface area contributed by atoms with Gasteiger partial charge >= 0.3 is 11.9 Å². The summed E-state index contributed by atoms with van der Waals surface area (Å²) in [6.07, 6.45) is -0.710. The number of esters is 2. The first-order valence-electron chi connectivity index (χ1n) is 6.28. The summed E-state index contributed by atoms with van der Waals surface area (Å²) in [6, 6.07) is 8.50. The van der Waals surface area contributed by atoms with Gasteiger partial charge in [-0.1, -0.05) is 24.8 Å². The highest BCUT2D eigenvalue weighted by atomic mass is 16.5. The van der Waals surface area contributed by atoms with Gasteiger partial charge in [0.05, 0.1) is 6.61 Å². The van der Waals surface area contributed by atoms with Gasteiger partial charge in [-0.25, -0.2) is 9.59 Å². The topological polar surface area (TPSA) is 72.8 Å². The molecule has 0 saturated carbocycles. The van der Waals surface area contributed by atoms with Crippen LogP contribution in [-0.4, -0.2) is 29.8 Å². The molecule has 0 saturated heterocycles. The first-order valence-corrected chi connectivity index (χ1v) is 6.28. The maximum Gasteiger partial charge on any atom is 0.340 e. The normalized spacial score (nSPS) is 11.5. The number of hydrogen-bond donors (Lipinski definition) is 1. The lowest BCUT2D eigenvalue weighted by Gasteiger charge is -2.10. The maximum atomic E-state index is 11.6. The SMILES string of the molecule is C=C(C)C(=O)OCCCC(O)C(=O)Oc1ccccc1. The third kappa shape index (κ3) is 5.67.